The number of hydrogen-bond acceptors (Lipinski definition) is 4. The van der Waals surface area contributed by atoms with Gasteiger partial charge in [-0.05, 0) is 97.7 Å². The molecule has 5 nitrogen and oxygen atoms in total. The molecule has 1 aromatic carbocycles. The maximum atomic E-state index is 13.6. The fourth-order valence-electron chi connectivity index (χ4n) is 7.36. The van der Waals surface area contributed by atoms with E-state index in [1.807, 2.05) is 36.7 Å². The van der Waals surface area contributed by atoms with Crippen molar-refractivity contribution in [2.24, 2.45) is 23.7 Å². The Labute approximate surface area is 187 Å². The van der Waals surface area contributed by atoms with E-state index in [9.17, 15) is 4.39 Å². The molecule has 0 atom stereocenters. The molecule has 4 saturated carbocycles. The van der Waals surface area contributed by atoms with Crippen LogP contribution >= 0.6 is 0 Å². The second-order valence-electron chi connectivity index (χ2n) is 10.3. The van der Waals surface area contributed by atoms with Gasteiger partial charge in [0.2, 0.25) is 0 Å². The number of hydrogen-bond donors (Lipinski definition) is 1. The molecule has 4 fully saturated rings. The summed E-state index contributed by atoms with van der Waals surface area (Å²) in [6.45, 7) is 1.84. The van der Waals surface area contributed by atoms with E-state index in [1.54, 1.807) is 0 Å². The molecule has 3 aromatic rings. The third kappa shape index (κ3) is 2.92. The fraction of sp³-hybridized carbons (Fsp3) is 0.462. The van der Waals surface area contributed by atoms with Crippen molar-refractivity contribution in [3.63, 3.8) is 0 Å². The van der Waals surface area contributed by atoms with E-state index in [0.717, 1.165) is 65.0 Å². The van der Waals surface area contributed by atoms with Crippen molar-refractivity contribution in [2.45, 2.75) is 44.7 Å². The van der Waals surface area contributed by atoms with Gasteiger partial charge in [0.05, 0.1) is 12.1 Å². The maximum Gasteiger partial charge on any atom is 0.147 e. The first-order chi connectivity index (χ1) is 15.7. The molecule has 0 spiro atoms. The molecular weight excluding hydrogens is 401 g/mol. The molecule has 164 valence electrons. The molecule has 0 saturated heterocycles. The standard InChI is InChI=1S/C26H28FN5/c27-22-3-1-19(2-4-22)24-23(18-5-7-28-8-6-18)26-30-31(9-10-32(26)29-24)25-20-12-16-11-17(14-20)15-21(25)13-16/h1-8,16-17,20-21,25,30H,9-15H2. The van der Waals surface area contributed by atoms with Gasteiger partial charge in [0, 0.05) is 30.5 Å². The van der Waals surface area contributed by atoms with Crippen LogP contribution in [0.15, 0.2) is 48.8 Å². The minimum Gasteiger partial charge on any atom is -0.302 e. The molecule has 32 heavy (non-hydrogen) atoms. The molecule has 0 radical (unpaired) electrons. The Morgan fingerprint density at radius 3 is 2.19 bits per heavy atom. The number of pyridine rings is 1. The Hall–Kier alpha value is -2.73. The lowest BCUT2D eigenvalue weighted by atomic mass is 9.54. The lowest BCUT2D eigenvalue weighted by molar-refractivity contribution is -0.0607. The average molecular weight is 430 g/mol. The lowest BCUT2D eigenvalue weighted by Crippen LogP contribution is -2.59. The number of nitrogens with zero attached hydrogens (tertiary/aromatic N) is 4. The summed E-state index contributed by atoms with van der Waals surface area (Å²) in [6, 6.07) is 11.4. The highest BCUT2D eigenvalue weighted by Gasteiger charge is 2.50. The van der Waals surface area contributed by atoms with Gasteiger partial charge in [-0.1, -0.05) is 0 Å². The van der Waals surface area contributed by atoms with Crippen LogP contribution in [-0.2, 0) is 6.54 Å². The number of halogens is 1. The van der Waals surface area contributed by atoms with E-state index in [4.69, 9.17) is 5.10 Å². The highest BCUT2D eigenvalue weighted by Crippen LogP contribution is 2.55. The topological polar surface area (TPSA) is 46.0 Å². The Kier molecular flexibility index (Phi) is 4.19. The van der Waals surface area contributed by atoms with Gasteiger partial charge in [0.25, 0.3) is 0 Å². The summed E-state index contributed by atoms with van der Waals surface area (Å²) in [5.41, 5.74) is 7.82. The third-order valence-electron chi connectivity index (χ3n) is 8.38. The quantitative estimate of drug-likeness (QED) is 0.620. The Bertz CT molecular complexity index is 1110. The number of rotatable bonds is 3. The molecule has 0 amide bonds. The summed E-state index contributed by atoms with van der Waals surface area (Å²) in [7, 11) is 0. The van der Waals surface area contributed by atoms with Crippen molar-refractivity contribution < 1.29 is 4.39 Å². The zero-order valence-electron chi connectivity index (χ0n) is 18.1. The van der Waals surface area contributed by atoms with Crippen LogP contribution in [0.4, 0.5) is 10.2 Å². The van der Waals surface area contributed by atoms with Gasteiger partial charge < -0.3 is 5.43 Å². The number of hydrazine groups is 1. The Morgan fingerprint density at radius 1 is 0.812 bits per heavy atom. The lowest BCUT2D eigenvalue weighted by Gasteiger charge is -2.57. The summed E-state index contributed by atoms with van der Waals surface area (Å²) in [5, 5.41) is 7.53. The summed E-state index contributed by atoms with van der Waals surface area (Å²) >= 11 is 0. The van der Waals surface area contributed by atoms with Gasteiger partial charge in [-0.3, -0.25) is 4.98 Å². The number of nitrogens with one attached hydrogen (secondary N) is 1. The van der Waals surface area contributed by atoms with Crippen molar-refractivity contribution in [3.8, 4) is 22.4 Å². The van der Waals surface area contributed by atoms with E-state index >= 15 is 0 Å². The monoisotopic (exact) mass is 429 g/mol. The van der Waals surface area contributed by atoms with Gasteiger partial charge in [0.1, 0.15) is 17.3 Å². The predicted octanol–water partition coefficient (Wildman–Crippen LogP) is 5.22. The summed E-state index contributed by atoms with van der Waals surface area (Å²) in [4.78, 5) is 4.21. The van der Waals surface area contributed by atoms with E-state index in [0.29, 0.717) is 6.04 Å². The summed E-state index contributed by atoms with van der Waals surface area (Å²) in [6.07, 6.45) is 10.8. The molecule has 6 heteroatoms. The molecular formula is C26H28FN5. The molecule has 1 N–H and O–H groups in total. The van der Waals surface area contributed by atoms with Gasteiger partial charge in [-0.15, -0.1) is 0 Å². The first-order valence-corrected chi connectivity index (χ1v) is 12.0. The van der Waals surface area contributed by atoms with Crippen LogP contribution in [0, 0.1) is 29.5 Å². The molecule has 0 unspecified atom stereocenters. The molecule has 5 aliphatic rings. The molecule has 2 aromatic heterocycles. The van der Waals surface area contributed by atoms with Crippen molar-refractivity contribution in [1.82, 2.24) is 19.8 Å². The van der Waals surface area contributed by atoms with E-state index in [2.05, 4.69) is 20.1 Å². The van der Waals surface area contributed by atoms with Crippen molar-refractivity contribution >= 4 is 5.82 Å². The smallest absolute Gasteiger partial charge is 0.147 e. The van der Waals surface area contributed by atoms with E-state index in [1.165, 1.54) is 44.2 Å². The minimum absolute atomic E-state index is 0.227. The van der Waals surface area contributed by atoms with E-state index in [-0.39, 0.29) is 5.82 Å². The zero-order chi connectivity index (χ0) is 21.2. The maximum absolute atomic E-state index is 13.6. The second-order valence-corrected chi connectivity index (χ2v) is 10.3. The van der Waals surface area contributed by atoms with Crippen LogP contribution in [0.2, 0.25) is 0 Å². The first kappa shape index (κ1) is 18.8. The molecule has 4 bridgehead atoms. The van der Waals surface area contributed by atoms with Crippen LogP contribution in [0.3, 0.4) is 0 Å². The van der Waals surface area contributed by atoms with Gasteiger partial charge in [0.15, 0.2) is 0 Å². The highest BCUT2D eigenvalue weighted by molar-refractivity contribution is 5.88. The van der Waals surface area contributed by atoms with Crippen LogP contribution in [0.5, 0.6) is 0 Å². The molecule has 4 aliphatic carbocycles. The van der Waals surface area contributed by atoms with Crippen molar-refractivity contribution in [3.05, 3.63) is 54.6 Å². The number of benzene rings is 1. The fourth-order valence-corrected chi connectivity index (χ4v) is 7.36. The van der Waals surface area contributed by atoms with Gasteiger partial charge in [-0.2, -0.15) is 5.10 Å². The molecule has 8 rings (SSSR count). The second kappa shape index (κ2) is 7.14. The minimum atomic E-state index is -0.227. The van der Waals surface area contributed by atoms with Crippen LogP contribution < -0.4 is 5.43 Å². The molecule has 3 heterocycles. The Balaban J connectivity index is 1.29. The Morgan fingerprint density at radius 2 is 1.50 bits per heavy atom. The normalized spacial score (nSPS) is 30.8. The van der Waals surface area contributed by atoms with Crippen LogP contribution in [0.25, 0.3) is 22.4 Å². The van der Waals surface area contributed by atoms with E-state index < -0.39 is 0 Å². The average Bonchev–Trinajstić information content (AvgIpc) is 3.18. The zero-order valence-corrected chi connectivity index (χ0v) is 18.1. The summed E-state index contributed by atoms with van der Waals surface area (Å²) in [5.74, 6) is 4.43. The highest BCUT2D eigenvalue weighted by atomic mass is 19.1. The summed E-state index contributed by atoms with van der Waals surface area (Å²) < 4.78 is 15.7. The first-order valence-electron chi connectivity index (χ1n) is 12.0. The van der Waals surface area contributed by atoms with Crippen molar-refractivity contribution in [2.75, 3.05) is 12.0 Å². The predicted molar refractivity (Wildman–Crippen MR) is 122 cm³/mol. The molecule has 1 aliphatic heterocycles. The number of aromatic nitrogens is 3. The SMILES string of the molecule is Fc1ccc(-c2nn3c(c2-c2ccncc2)NN(C2C4CC5CC(C4)CC2C5)CC3)cc1. The van der Waals surface area contributed by atoms with Gasteiger partial charge >= 0.3 is 0 Å². The van der Waals surface area contributed by atoms with Crippen LogP contribution in [0.1, 0.15) is 32.1 Å². The van der Waals surface area contributed by atoms with Crippen molar-refractivity contribution in [1.29, 1.82) is 0 Å². The number of fused-ring (bicyclic) bond motifs is 1. The largest absolute Gasteiger partial charge is 0.302 e. The van der Waals surface area contributed by atoms with Gasteiger partial charge in [-0.25, -0.2) is 14.1 Å². The van der Waals surface area contributed by atoms with Crippen LogP contribution in [-0.4, -0.2) is 32.4 Å². The third-order valence-corrected chi connectivity index (χ3v) is 8.38. The number of anilines is 1.